The molecule has 1 amide bonds. The number of aromatic nitrogens is 3. The van der Waals surface area contributed by atoms with Crippen LogP contribution in [0.3, 0.4) is 0 Å². The zero-order valence-electron chi connectivity index (χ0n) is 18.3. The standard InChI is InChI=1S/C26H22F2N4O/c1-15-9-24-17(11-30-32(24)20-6-3-18(27)4-7-20)10-21(15)26-14-31(13-22(26)16(26)2)25(33)23-8-5-19(28)12-29-23/h3-12,16,22H,13-14H2,1-2H3/t16-,22-,26+/m1/s1. The summed E-state index contributed by atoms with van der Waals surface area (Å²) in [6, 6.07) is 13.3. The van der Waals surface area contributed by atoms with Crippen LogP contribution in [0, 0.1) is 30.4 Å². The van der Waals surface area contributed by atoms with Gasteiger partial charge in [0.25, 0.3) is 5.91 Å². The van der Waals surface area contributed by atoms with Crippen LogP contribution in [0.2, 0.25) is 0 Å². The second-order valence-corrected chi connectivity index (χ2v) is 9.24. The maximum atomic E-state index is 13.4. The SMILES string of the molecule is Cc1cc2c(cnn2-c2ccc(F)cc2)cc1[C@@]12CN(C(=O)c3ccc(F)cn3)C[C@@H]1[C@H]2C. The highest BCUT2D eigenvalue weighted by atomic mass is 19.1. The van der Waals surface area contributed by atoms with Gasteiger partial charge in [-0.25, -0.2) is 18.4 Å². The summed E-state index contributed by atoms with van der Waals surface area (Å²) < 4.78 is 28.4. The molecule has 0 spiro atoms. The van der Waals surface area contributed by atoms with E-state index >= 15 is 0 Å². The van der Waals surface area contributed by atoms with Crippen molar-refractivity contribution in [3.8, 4) is 5.69 Å². The van der Waals surface area contributed by atoms with Crippen LogP contribution >= 0.6 is 0 Å². The normalized spacial score (nSPS) is 23.7. The topological polar surface area (TPSA) is 51.0 Å². The van der Waals surface area contributed by atoms with E-state index in [-0.39, 0.29) is 22.8 Å². The highest BCUT2D eigenvalue weighted by Crippen LogP contribution is 2.64. The summed E-state index contributed by atoms with van der Waals surface area (Å²) in [7, 11) is 0. The second-order valence-electron chi connectivity index (χ2n) is 9.24. The number of hydrogen-bond donors (Lipinski definition) is 0. The molecule has 2 fully saturated rings. The summed E-state index contributed by atoms with van der Waals surface area (Å²) in [5.41, 5.74) is 4.34. The van der Waals surface area contributed by atoms with Crippen LogP contribution in [0.1, 0.15) is 28.5 Å². The fourth-order valence-corrected chi connectivity index (χ4v) is 5.74. The third-order valence-electron chi connectivity index (χ3n) is 7.56. The van der Waals surface area contributed by atoms with Crippen molar-refractivity contribution in [3.63, 3.8) is 0 Å². The minimum atomic E-state index is -0.453. The molecule has 1 saturated carbocycles. The number of nitrogens with zero attached hydrogens (tertiary/aromatic N) is 4. The van der Waals surface area contributed by atoms with Crippen LogP contribution in [0.4, 0.5) is 8.78 Å². The van der Waals surface area contributed by atoms with Gasteiger partial charge in [-0.1, -0.05) is 6.92 Å². The molecule has 166 valence electrons. The zero-order chi connectivity index (χ0) is 22.9. The minimum Gasteiger partial charge on any atom is -0.336 e. The first kappa shape index (κ1) is 20.0. The van der Waals surface area contributed by atoms with E-state index < -0.39 is 5.82 Å². The molecule has 1 aliphatic carbocycles. The number of likely N-dealkylation sites (tertiary alicyclic amines) is 1. The van der Waals surface area contributed by atoms with E-state index in [0.717, 1.165) is 28.4 Å². The maximum absolute atomic E-state index is 13.4. The van der Waals surface area contributed by atoms with Gasteiger partial charge in [0.2, 0.25) is 0 Å². The maximum Gasteiger partial charge on any atom is 0.272 e. The van der Waals surface area contributed by atoms with Gasteiger partial charge in [0, 0.05) is 23.9 Å². The molecular formula is C26H22F2N4O. The van der Waals surface area contributed by atoms with Crippen molar-refractivity contribution in [3.05, 3.63) is 89.4 Å². The van der Waals surface area contributed by atoms with Crippen LogP contribution in [0.5, 0.6) is 0 Å². The van der Waals surface area contributed by atoms with Crippen LogP contribution in [0.15, 0.2) is 60.9 Å². The van der Waals surface area contributed by atoms with E-state index in [0.29, 0.717) is 24.9 Å². The lowest BCUT2D eigenvalue weighted by Crippen LogP contribution is -2.35. The number of amides is 1. The van der Waals surface area contributed by atoms with Crippen LogP contribution in [-0.2, 0) is 5.41 Å². The smallest absolute Gasteiger partial charge is 0.272 e. The van der Waals surface area contributed by atoms with Gasteiger partial charge in [-0.05, 0) is 78.4 Å². The highest BCUT2D eigenvalue weighted by Gasteiger charge is 2.68. The monoisotopic (exact) mass is 444 g/mol. The number of benzene rings is 2. The van der Waals surface area contributed by atoms with Gasteiger partial charge in [0.15, 0.2) is 0 Å². The molecule has 2 aromatic carbocycles. The van der Waals surface area contributed by atoms with Crippen molar-refractivity contribution < 1.29 is 13.6 Å². The Labute approximate surface area is 189 Å². The van der Waals surface area contributed by atoms with Crippen molar-refractivity contribution >= 4 is 16.8 Å². The van der Waals surface area contributed by atoms with Gasteiger partial charge < -0.3 is 4.90 Å². The molecule has 0 unspecified atom stereocenters. The first-order chi connectivity index (χ1) is 15.9. The summed E-state index contributed by atoms with van der Waals surface area (Å²) in [6.45, 7) is 5.63. The van der Waals surface area contributed by atoms with Gasteiger partial charge in [0.05, 0.1) is 23.6 Å². The Bertz CT molecular complexity index is 1400. The van der Waals surface area contributed by atoms with E-state index in [4.69, 9.17) is 0 Å². The molecular weight excluding hydrogens is 422 g/mol. The number of halogens is 2. The lowest BCUT2D eigenvalue weighted by Gasteiger charge is -2.24. The van der Waals surface area contributed by atoms with Crippen LogP contribution in [-0.4, -0.2) is 38.7 Å². The Balaban J connectivity index is 1.34. The molecule has 0 N–H and O–H groups in total. The zero-order valence-corrected chi connectivity index (χ0v) is 18.3. The number of carbonyl (C=O) groups excluding carboxylic acids is 1. The Morgan fingerprint density at radius 1 is 1.06 bits per heavy atom. The summed E-state index contributed by atoms with van der Waals surface area (Å²) in [5.74, 6) is -0.0448. The predicted molar refractivity (Wildman–Crippen MR) is 120 cm³/mol. The third kappa shape index (κ3) is 2.91. The van der Waals surface area contributed by atoms with Crippen molar-refractivity contribution in [1.82, 2.24) is 19.7 Å². The molecule has 3 atom stereocenters. The highest BCUT2D eigenvalue weighted by molar-refractivity contribution is 5.93. The van der Waals surface area contributed by atoms with Gasteiger partial charge in [-0.3, -0.25) is 4.79 Å². The van der Waals surface area contributed by atoms with Crippen molar-refractivity contribution in [2.75, 3.05) is 13.1 Å². The number of aryl methyl sites for hydroxylation is 1. The van der Waals surface area contributed by atoms with E-state index in [9.17, 15) is 13.6 Å². The second kappa shape index (κ2) is 6.94. The van der Waals surface area contributed by atoms with Gasteiger partial charge in [0.1, 0.15) is 17.3 Å². The van der Waals surface area contributed by atoms with Gasteiger partial charge in [-0.2, -0.15) is 5.10 Å². The Kier molecular flexibility index (Phi) is 4.21. The van der Waals surface area contributed by atoms with E-state index in [1.165, 1.54) is 29.8 Å². The molecule has 6 rings (SSSR count). The molecule has 0 bridgehead atoms. The quantitative estimate of drug-likeness (QED) is 0.462. The molecule has 3 heterocycles. The first-order valence-electron chi connectivity index (χ1n) is 11.0. The fourth-order valence-electron chi connectivity index (χ4n) is 5.74. The number of piperidine rings is 1. The third-order valence-corrected chi connectivity index (χ3v) is 7.56. The molecule has 1 aliphatic heterocycles. The molecule has 2 aliphatic rings. The predicted octanol–water partition coefficient (Wildman–Crippen LogP) is 4.67. The fraction of sp³-hybridized carbons (Fsp3) is 0.269. The lowest BCUT2D eigenvalue weighted by atomic mass is 9.88. The molecule has 2 aromatic heterocycles. The molecule has 7 heteroatoms. The molecule has 33 heavy (non-hydrogen) atoms. The Morgan fingerprint density at radius 3 is 2.55 bits per heavy atom. The summed E-state index contributed by atoms with van der Waals surface area (Å²) in [6.07, 6.45) is 2.92. The Morgan fingerprint density at radius 2 is 1.82 bits per heavy atom. The summed E-state index contributed by atoms with van der Waals surface area (Å²) >= 11 is 0. The average Bonchev–Trinajstić information content (AvgIpc) is 3.16. The van der Waals surface area contributed by atoms with Crippen molar-refractivity contribution in [2.45, 2.75) is 19.3 Å². The van der Waals surface area contributed by atoms with Crippen LogP contribution < -0.4 is 0 Å². The number of hydrogen-bond acceptors (Lipinski definition) is 3. The molecule has 5 nitrogen and oxygen atoms in total. The largest absolute Gasteiger partial charge is 0.336 e. The van der Waals surface area contributed by atoms with E-state index in [2.05, 4.69) is 36.1 Å². The van der Waals surface area contributed by atoms with Crippen molar-refractivity contribution in [2.24, 2.45) is 11.8 Å². The van der Waals surface area contributed by atoms with Gasteiger partial charge in [-0.15, -0.1) is 0 Å². The van der Waals surface area contributed by atoms with E-state index in [1.54, 1.807) is 12.1 Å². The molecule has 0 radical (unpaired) electrons. The van der Waals surface area contributed by atoms with Crippen molar-refractivity contribution in [1.29, 1.82) is 0 Å². The number of fused-ring (bicyclic) bond motifs is 2. The number of rotatable bonds is 3. The van der Waals surface area contributed by atoms with E-state index in [1.807, 2.05) is 15.8 Å². The lowest BCUT2D eigenvalue weighted by molar-refractivity contribution is 0.0759. The molecule has 4 aromatic rings. The Hall–Kier alpha value is -3.61. The average molecular weight is 444 g/mol. The summed E-state index contributed by atoms with van der Waals surface area (Å²) in [5, 5.41) is 5.55. The minimum absolute atomic E-state index is 0.0913. The first-order valence-corrected chi connectivity index (χ1v) is 11.0. The molecule has 1 saturated heterocycles. The number of pyridine rings is 1. The summed E-state index contributed by atoms with van der Waals surface area (Å²) in [4.78, 5) is 18.8. The number of carbonyl (C=O) groups is 1. The van der Waals surface area contributed by atoms with Gasteiger partial charge >= 0.3 is 0 Å². The van der Waals surface area contributed by atoms with Crippen LogP contribution in [0.25, 0.3) is 16.6 Å².